The second-order valence-electron chi connectivity index (χ2n) is 7.54. The lowest BCUT2D eigenvalue weighted by Gasteiger charge is -2.30. The van der Waals surface area contributed by atoms with Gasteiger partial charge in [0.25, 0.3) is 5.91 Å². The summed E-state index contributed by atoms with van der Waals surface area (Å²) < 4.78 is 41.4. The maximum Gasteiger partial charge on any atom is 0.573 e. The smallest absolute Gasteiger partial charge is 0.406 e. The number of hydrogen-bond donors (Lipinski definition) is 0. The number of benzene rings is 2. The molecule has 2 aromatic carbocycles. The summed E-state index contributed by atoms with van der Waals surface area (Å²) in [7, 11) is 0. The van der Waals surface area contributed by atoms with Crippen LogP contribution in [0.3, 0.4) is 0 Å². The van der Waals surface area contributed by atoms with Gasteiger partial charge in [-0.1, -0.05) is 24.3 Å². The number of carbonyl (C=O) groups is 1. The minimum absolute atomic E-state index is 0.0335. The molecule has 1 saturated heterocycles. The molecule has 2 aromatic rings. The molecule has 0 atom stereocenters. The SMILES string of the molecule is O=C1c2ccc(-c3cccc(OC(F)(F)F)c3)cc2CCN1CCN1CCCC1. The van der Waals surface area contributed by atoms with E-state index in [0.717, 1.165) is 43.7 Å². The predicted octanol–water partition coefficient (Wildman–Crippen LogP) is 4.35. The standard InChI is InChI=1S/C22H23F3N2O2/c23-22(24,25)29-19-5-3-4-16(15-19)17-6-7-20-18(14-17)8-11-27(21(20)28)13-12-26-9-1-2-10-26/h3-7,14-15H,1-2,8-13H2. The van der Waals surface area contributed by atoms with Crippen LogP contribution >= 0.6 is 0 Å². The first-order valence-corrected chi connectivity index (χ1v) is 9.90. The van der Waals surface area contributed by atoms with E-state index in [1.54, 1.807) is 18.2 Å². The normalized spacial score (nSPS) is 17.5. The highest BCUT2D eigenvalue weighted by Gasteiger charge is 2.31. The summed E-state index contributed by atoms with van der Waals surface area (Å²) in [5.41, 5.74) is 3.02. The van der Waals surface area contributed by atoms with Crippen LogP contribution in [-0.2, 0) is 6.42 Å². The highest BCUT2D eigenvalue weighted by atomic mass is 19.4. The molecule has 4 rings (SSSR count). The van der Waals surface area contributed by atoms with Crippen molar-refractivity contribution in [3.63, 3.8) is 0 Å². The van der Waals surface area contributed by atoms with Gasteiger partial charge in [0, 0.05) is 25.2 Å². The Hall–Kier alpha value is -2.54. The van der Waals surface area contributed by atoms with E-state index in [1.165, 1.54) is 31.0 Å². The van der Waals surface area contributed by atoms with Crippen LogP contribution in [0.5, 0.6) is 5.75 Å². The number of nitrogens with zero attached hydrogens (tertiary/aromatic N) is 2. The molecule has 0 bridgehead atoms. The summed E-state index contributed by atoms with van der Waals surface area (Å²) in [6.45, 7) is 4.53. The third-order valence-corrected chi connectivity index (χ3v) is 5.56. The molecule has 154 valence electrons. The Kier molecular flexibility index (Phi) is 5.50. The maximum atomic E-state index is 12.8. The number of likely N-dealkylation sites (tertiary alicyclic amines) is 1. The predicted molar refractivity (Wildman–Crippen MR) is 104 cm³/mol. The summed E-state index contributed by atoms with van der Waals surface area (Å²) >= 11 is 0. The number of fused-ring (bicyclic) bond motifs is 1. The number of carbonyl (C=O) groups excluding carboxylic acids is 1. The molecule has 0 radical (unpaired) electrons. The van der Waals surface area contributed by atoms with Gasteiger partial charge >= 0.3 is 6.36 Å². The summed E-state index contributed by atoms with van der Waals surface area (Å²) in [5.74, 6) is -0.219. The first-order valence-electron chi connectivity index (χ1n) is 9.90. The molecule has 2 aliphatic rings. The molecule has 0 aromatic heterocycles. The molecule has 2 heterocycles. The molecule has 4 nitrogen and oxygen atoms in total. The van der Waals surface area contributed by atoms with Gasteiger partial charge in [0.2, 0.25) is 0 Å². The Morgan fingerprint density at radius 3 is 2.45 bits per heavy atom. The van der Waals surface area contributed by atoms with Crippen molar-refractivity contribution >= 4 is 5.91 Å². The van der Waals surface area contributed by atoms with Crippen LogP contribution in [-0.4, -0.2) is 54.8 Å². The number of rotatable bonds is 5. The van der Waals surface area contributed by atoms with Crippen molar-refractivity contribution in [2.45, 2.75) is 25.6 Å². The van der Waals surface area contributed by atoms with E-state index < -0.39 is 6.36 Å². The molecular formula is C22H23F3N2O2. The van der Waals surface area contributed by atoms with Crippen molar-refractivity contribution in [3.05, 3.63) is 53.6 Å². The van der Waals surface area contributed by atoms with Gasteiger partial charge < -0.3 is 14.5 Å². The Morgan fingerprint density at radius 1 is 0.931 bits per heavy atom. The Labute approximate surface area is 167 Å². The fourth-order valence-corrected chi connectivity index (χ4v) is 4.07. The maximum absolute atomic E-state index is 12.8. The number of halogens is 3. The van der Waals surface area contributed by atoms with E-state index in [4.69, 9.17) is 0 Å². The monoisotopic (exact) mass is 404 g/mol. The van der Waals surface area contributed by atoms with Crippen molar-refractivity contribution in [1.29, 1.82) is 0 Å². The molecule has 7 heteroatoms. The van der Waals surface area contributed by atoms with E-state index in [1.807, 2.05) is 11.0 Å². The average molecular weight is 404 g/mol. The minimum atomic E-state index is -4.72. The topological polar surface area (TPSA) is 32.8 Å². The highest BCUT2D eigenvalue weighted by molar-refractivity contribution is 5.97. The zero-order chi connectivity index (χ0) is 20.4. The summed E-state index contributed by atoms with van der Waals surface area (Å²) in [4.78, 5) is 17.1. The van der Waals surface area contributed by atoms with Crippen LogP contribution < -0.4 is 4.74 Å². The van der Waals surface area contributed by atoms with Crippen molar-refractivity contribution in [2.75, 3.05) is 32.7 Å². The lowest BCUT2D eigenvalue weighted by Crippen LogP contribution is -2.42. The molecule has 2 aliphatic heterocycles. The lowest BCUT2D eigenvalue weighted by molar-refractivity contribution is -0.274. The van der Waals surface area contributed by atoms with Crippen molar-refractivity contribution in [1.82, 2.24) is 9.80 Å². The number of hydrogen-bond acceptors (Lipinski definition) is 3. The van der Waals surface area contributed by atoms with Crippen LogP contribution in [0.2, 0.25) is 0 Å². The van der Waals surface area contributed by atoms with Crippen LogP contribution in [0.1, 0.15) is 28.8 Å². The third-order valence-electron chi connectivity index (χ3n) is 5.56. The molecular weight excluding hydrogens is 381 g/mol. The quantitative estimate of drug-likeness (QED) is 0.743. The van der Waals surface area contributed by atoms with Gasteiger partial charge in [-0.3, -0.25) is 4.79 Å². The zero-order valence-corrected chi connectivity index (χ0v) is 16.0. The van der Waals surface area contributed by atoms with E-state index >= 15 is 0 Å². The van der Waals surface area contributed by atoms with Gasteiger partial charge in [-0.05, 0) is 67.2 Å². The largest absolute Gasteiger partial charge is 0.573 e. The summed E-state index contributed by atoms with van der Waals surface area (Å²) in [5, 5.41) is 0. The number of ether oxygens (including phenoxy) is 1. The molecule has 1 amide bonds. The molecule has 0 N–H and O–H groups in total. The van der Waals surface area contributed by atoms with Crippen molar-refractivity contribution in [3.8, 4) is 16.9 Å². The van der Waals surface area contributed by atoms with E-state index in [-0.39, 0.29) is 11.7 Å². The molecule has 0 spiro atoms. The first kappa shape index (κ1) is 19.8. The fraction of sp³-hybridized carbons (Fsp3) is 0.409. The Balaban J connectivity index is 1.48. The van der Waals surface area contributed by atoms with Gasteiger partial charge in [-0.15, -0.1) is 13.2 Å². The fourth-order valence-electron chi connectivity index (χ4n) is 4.07. The summed E-state index contributed by atoms with van der Waals surface area (Å²) in [6.07, 6.45) is -1.52. The van der Waals surface area contributed by atoms with Gasteiger partial charge in [-0.25, -0.2) is 0 Å². The summed E-state index contributed by atoms with van der Waals surface area (Å²) in [6, 6.07) is 11.4. The van der Waals surface area contributed by atoms with Gasteiger partial charge in [0.05, 0.1) is 0 Å². The Bertz CT molecular complexity index is 892. The average Bonchev–Trinajstić information content (AvgIpc) is 3.20. The lowest BCUT2D eigenvalue weighted by atomic mass is 9.94. The highest BCUT2D eigenvalue weighted by Crippen LogP contribution is 2.30. The van der Waals surface area contributed by atoms with E-state index in [9.17, 15) is 18.0 Å². The molecule has 29 heavy (non-hydrogen) atoms. The van der Waals surface area contributed by atoms with Gasteiger partial charge in [-0.2, -0.15) is 0 Å². The van der Waals surface area contributed by atoms with Crippen LogP contribution in [0.4, 0.5) is 13.2 Å². The molecule has 1 fully saturated rings. The minimum Gasteiger partial charge on any atom is -0.406 e. The molecule has 0 saturated carbocycles. The third kappa shape index (κ3) is 4.72. The Morgan fingerprint density at radius 2 is 1.69 bits per heavy atom. The number of amides is 1. The van der Waals surface area contributed by atoms with Crippen molar-refractivity contribution < 1.29 is 22.7 Å². The second kappa shape index (κ2) is 8.06. The number of alkyl halides is 3. The van der Waals surface area contributed by atoms with E-state index in [2.05, 4.69) is 9.64 Å². The molecule has 0 aliphatic carbocycles. The molecule has 0 unspecified atom stereocenters. The van der Waals surface area contributed by atoms with Gasteiger partial charge in [0.1, 0.15) is 5.75 Å². The first-order chi connectivity index (χ1) is 13.9. The van der Waals surface area contributed by atoms with Crippen molar-refractivity contribution in [2.24, 2.45) is 0 Å². The van der Waals surface area contributed by atoms with Crippen LogP contribution in [0.15, 0.2) is 42.5 Å². The van der Waals surface area contributed by atoms with E-state index in [0.29, 0.717) is 17.7 Å². The van der Waals surface area contributed by atoms with Crippen LogP contribution in [0.25, 0.3) is 11.1 Å². The van der Waals surface area contributed by atoms with Crippen LogP contribution in [0, 0.1) is 0 Å². The second-order valence-corrected chi connectivity index (χ2v) is 7.54. The van der Waals surface area contributed by atoms with Gasteiger partial charge in [0.15, 0.2) is 0 Å². The zero-order valence-electron chi connectivity index (χ0n) is 16.0.